The number of carbonyl (C=O) groups is 2. The second kappa shape index (κ2) is 3.87. The zero-order valence-electron chi connectivity index (χ0n) is 13.2. The maximum absolute atomic E-state index is 13.0. The van der Waals surface area contributed by atoms with Crippen LogP contribution in [0.2, 0.25) is 0 Å². The van der Waals surface area contributed by atoms with Gasteiger partial charge in [-0.1, -0.05) is 29.8 Å². The van der Waals surface area contributed by atoms with Gasteiger partial charge in [-0.3, -0.25) is 9.59 Å². The minimum absolute atomic E-state index is 0.141. The van der Waals surface area contributed by atoms with Gasteiger partial charge >= 0.3 is 0 Å². The molecule has 0 N–H and O–H groups in total. The first-order valence-electron chi connectivity index (χ1n) is 7.62. The van der Waals surface area contributed by atoms with Crippen LogP contribution in [0.3, 0.4) is 0 Å². The Morgan fingerprint density at radius 3 is 2.05 bits per heavy atom. The normalized spacial score (nSPS) is 39.0. The lowest BCUT2D eigenvalue weighted by Crippen LogP contribution is -2.39. The van der Waals surface area contributed by atoms with Crippen molar-refractivity contribution in [2.45, 2.75) is 38.9 Å². The van der Waals surface area contributed by atoms with Gasteiger partial charge < -0.3 is 4.74 Å². The van der Waals surface area contributed by atoms with Crippen molar-refractivity contribution in [2.75, 3.05) is 4.90 Å². The third-order valence-electron chi connectivity index (χ3n) is 5.32. The van der Waals surface area contributed by atoms with Gasteiger partial charge in [0.25, 0.3) is 0 Å². The highest BCUT2D eigenvalue weighted by Crippen LogP contribution is 2.57. The second-order valence-corrected chi connectivity index (χ2v) is 7.06. The Hall–Kier alpha value is -1.94. The third kappa shape index (κ3) is 1.46. The molecule has 3 aliphatic heterocycles. The molecule has 0 saturated carbocycles. The molecule has 114 valence electrons. The molecule has 0 aromatic heterocycles. The van der Waals surface area contributed by atoms with Gasteiger partial charge in [0, 0.05) is 0 Å². The van der Waals surface area contributed by atoms with Crippen LogP contribution in [-0.2, 0) is 14.3 Å². The molecular formula is C18H19NO3. The number of hydrogen-bond donors (Lipinski definition) is 0. The van der Waals surface area contributed by atoms with E-state index < -0.39 is 23.0 Å². The van der Waals surface area contributed by atoms with Crippen LogP contribution in [-0.4, -0.2) is 23.0 Å². The summed E-state index contributed by atoms with van der Waals surface area (Å²) < 4.78 is 6.01. The Kier molecular flexibility index (Phi) is 2.41. The van der Waals surface area contributed by atoms with E-state index in [1.165, 1.54) is 4.90 Å². The van der Waals surface area contributed by atoms with E-state index in [0.717, 1.165) is 11.1 Å². The van der Waals surface area contributed by atoms with Gasteiger partial charge in [-0.2, -0.15) is 0 Å². The van der Waals surface area contributed by atoms with E-state index in [0.29, 0.717) is 5.69 Å². The Labute approximate surface area is 129 Å². The number of fused-ring (bicyclic) bond motifs is 5. The van der Waals surface area contributed by atoms with E-state index >= 15 is 0 Å². The molecule has 2 fully saturated rings. The van der Waals surface area contributed by atoms with Crippen LogP contribution in [0.15, 0.2) is 30.4 Å². The van der Waals surface area contributed by atoms with Crippen molar-refractivity contribution >= 4 is 17.5 Å². The number of ether oxygens (including phenoxy) is 1. The minimum Gasteiger partial charge on any atom is -0.359 e. The van der Waals surface area contributed by atoms with Crippen LogP contribution in [0.1, 0.15) is 25.0 Å². The highest BCUT2D eigenvalue weighted by Gasteiger charge is 2.70. The lowest BCUT2D eigenvalue weighted by molar-refractivity contribution is -0.128. The van der Waals surface area contributed by atoms with Crippen LogP contribution in [0.25, 0.3) is 0 Å². The summed E-state index contributed by atoms with van der Waals surface area (Å²) in [7, 11) is 0. The predicted molar refractivity (Wildman–Crippen MR) is 82.4 cm³/mol. The topological polar surface area (TPSA) is 46.6 Å². The number of aryl methyl sites for hydroxylation is 2. The molecule has 0 radical (unpaired) electrons. The average Bonchev–Trinajstić information content (AvgIpc) is 2.97. The number of benzene rings is 1. The summed E-state index contributed by atoms with van der Waals surface area (Å²) in [5.74, 6) is -1.12. The molecule has 0 unspecified atom stereocenters. The first-order valence-corrected chi connectivity index (χ1v) is 7.62. The lowest BCUT2D eigenvalue weighted by Gasteiger charge is -2.26. The molecule has 3 aliphatic rings. The second-order valence-electron chi connectivity index (χ2n) is 7.06. The van der Waals surface area contributed by atoms with Gasteiger partial charge in [0.2, 0.25) is 11.8 Å². The Morgan fingerprint density at radius 1 is 1.00 bits per heavy atom. The SMILES string of the molecule is Cc1ccc(N2C(=O)[C@@H]3[C@H](C2=O)[C@]2(C)C=C[C@]3(C)O2)c(C)c1. The van der Waals surface area contributed by atoms with E-state index in [2.05, 4.69) is 0 Å². The lowest BCUT2D eigenvalue weighted by atomic mass is 9.73. The summed E-state index contributed by atoms with van der Waals surface area (Å²) in [6.07, 6.45) is 3.87. The van der Waals surface area contributed by atoms with Gasteiger partial charge in [-0.25, -0.2) is 4.90 Å². The van der Waals surface area contributed by atoms with Crippen LogP contribution in [0.4, 0.5) is 5.69 Å². The van der Waals surface area contributed by atoms with Crippen molar-refractivity contribution in [3.8, 4) is 0 Å². The zero-order valence-corrected chi connectivity index (χ0v) is 13.2. The van der Waals surface area contributed by atoms with E-state index in [1.807, 2.05) is 58.0 Å². The van der Waals surface area contributed by atoms with E-state index in [4.69, 9.17) is 4.74 Å². The van der Waals surface area contributed by atoms with Crippen LogP contribution in [0.5, 0.6) is 0 Å². The van der Waals surface area contributed by atoms with Crippen molar-refractivity contribution < 1.29 is 14.3 Å². The molecule has 0 spiro atoms. The van der Waals surface area contributed by atoms with Crippen molar-refractivity contribution in [1.82, 2.24) is 0 Å². The largest absolute Gasteiger partial charge is 0.359 e. The molecule has 2 bridgehead atoms. The molecule has 2 amide bonds. The van der Waals surface area contributed by atoms with Crippen LogP contribution >= 0.6 is 0 Å². The molecule has 22 heavy (non-hydrogen) atoms. The number of nitrogens with zero attached hydrogens (tertiary/aromatic N) is 1. The van der Waals surface area contributed by atoms with Crippen molar-refractivity contribution in [2.24, 2.45) is 11.8 Å². The molecule has 4 atom stereocenters. The van der Waals surface area contributed by atoms with Crippen molar-refractivity contribution in [3.63, 3.8) is 0 Å². The Balaban J connectivity index is 1.83. The van der Waals surface area contributed by atoms with Crippen LogP contribution < -0.4 is 4.90 Å². The summed E-state index contributed by atoms with van der Waals surface area (Å²) >= 11 is 0. The Morgan fingerprint density at radius 2 is 1.55 bits per heavy atom. The number of hydrogen-bond acceptors (Lipinski definition) is 3. The van der Waals surface area contributed by atoms with E-state index in [9.17, 15) is 9.59 Å². The monoisotopic (exact) mass is 297 g/mol. The zero-order chi connectivity index (χ0) is 15.9. The third-order valence-corrected chi connectivity index (χ3v) is 5.32. The molecule has 1 aromatic rings. The summed E-state index contributed by atoms with van der Waals surface area (Å²) in [6.45, 7) is 7.73. The fourth-order valence-electron chi connectivity index (χ4n) is 4.32. The summed E-state index contributed by atoms with van der Waals surface area (Å²) in [4.78, 5) is 27.3. The highest BCUT2D eigenvalue weighted by atomic mass is 16.5. The molecule has 2 saturated heterocycles. The number of rotatable bonds is 1. The van der Waals surface area contributed by atoms with Crippen LogP contribution in [0, 0.1) is 25.7 Å². The quantitative estimate of drug-likeness (QED) is 0.591. The first-order chi connectivity index (χ1) is 10.3. The standard InChI is InChI=1S/C18H19NO3/c1-10-5-6-12(11(2)9-10)19-15(20)13-14(16(19)21)18(4)8-7-17(13,3)22-18/h5-9,13-14H,1-4H3/t13-,14+,17-,18-/m0/s1. The first kappa shape index (κ1) is 13.7. The van der Waals surface area contributed by atoms with Gasteiger partial charge in [-0.05, 0) is 39.3 Å². The molecule has 0 aliphatic carbocycles. The molecule has 4 heteroatoms. The molecular weight excluding hydrogens is 278 g/mol. The van der Waals surface area contributed by atoms with Crippen molar-refractivity contribution in [1.29, 1.82) is 0 Å². The summed E-state index contributed by atoms with van der Waals surface area (Å²) in [6, 6.07) is 5.79. The predicted octanol–water partition coefficient (Wildman–Crippen LogP) is 2.53. The number of amides is 2. The molecule has 4 nitrogen and oxygen atoms in total. The fraction of sp³-hybridized carbons (Fsp3) is 0.444. The fourth-order valence-corrected chi connectivity index (χ4v) is 4.32. The van der Waals surface area contributed by atoms with Gasteiger partial charge in [0.1, 0.15) is 0 Å². The molecule has 3 heterocycles. The maximum Gasteiger partial charge on any atom is 0.241 e. The smallest absolute Gasteiger partial charge is 0.241 e. The maximum atomic E-state index is 13.0. The summed E-state index contributed by atoms with van der Waals surface area (Å²) in [5, 5.41) is 0. The minimum atomic E-state index is -0.667. The summed E-state index contributed by atoms with van der Waals surface area (Å²) in [5.41, 5.74) is 1.42. The number of carbonyl (C=O) groups excluding carboxylic acids is 2. The average molecular weight is 297 g/mol. The highest BCUT2D eigenvalue weighted by molar-refractivity contribution is 6.23. The van der Waals surface area contributed by atoms with E-state index in [1.54, 1.807) is 0 Å². The molecule has 1 aromatic carbocycles. The van der Waals surface area contributed by atoms with Crippen molar-refractivity contribution in [3.05, 3.63) is 41.5 Å². The number of imide groups is 1. The van der Waals surface area contributed by atoms with Gasteiger partial charge in [0.05, 0.1) is 28.7 Å². The Bertz CT molecular complexity index is 717. The number of anilines is 1. The van der Waals surface area contributed by atoms with Gasteiger partial charge in [0.15, 0.2) is 0 Å². The van der Waals surface area contributed by atoms with Gasteiger partial charge in [-0.15, -0.1) is 0 Å². The van der Waals surface area contributed by atoms with E-state index in [-0.39, 0.29) is 11.8 Å². The molecule has 4 rings (SSSR count).